The van der Waals surface area contributed by atoms with Crippen molar-refractivity contribution >= 4 is 0 Å². The summed E-state index contributed by atoms with van der Waals surface area (Å²) in [5.41, 5.74) is 1.95. The van der Waals surface area contributed by atoms with Crippen molar-refractivity contribution in [2.45, 2.75) is 38.7 Å². The normalized spacial score (nSPS) is 18.5. The number of aliphatic hydroxyl groups excluding tert-OH is 1. The molecular formula is C11H18N2O. The Balaban J connectivity index is 1.94. The Bertz CT molecular complexity index is 315. The van der Waals surface area contributed by atoms with Crippen molar-refractivity contribution in [2.75, 3.05) is 0 Å². The highest BCUT2D eigenvalue weighted by Crippen LogP contribution is 2.36. The van der Waals surface area contributed by atoms with Crippen molar-refractivity contribution in [2.24, 2.45) is 13.0 Å². The number of aliphatic hydroxyl groups is 1. The van der Waals surface area contributed by atoms with Gasteiger partial charge in [0.1, 0.15) is 0 Å². The molecule has 1 aliphatic carbocycles. The lowest BCUT2D eigenvalue weighted by molar-refractivity contribution is 0.161. The molecule has 1 atom stereocenters. The fraction of sp³-hybridized carbons (Fsp3) is 0.727. The van der Waals surface area contributed by atoms with Gasteiger partial charge in [0.25, 0.3) is 0 Å². The van der Waals surface area contributed by atoms with Gasteiger partial charge < -0.3 is 5.11 Å². The van der Waals surface area contributed by atoms with Gasteiger partial charge in [-0.25, -0.2) is 0 Å². The highest BCUT2D eigenvalue weighted by Gasteiger charge is 2.23. The standard InChI is InChI=1S/C11H18N2O/c1-8-10(7-13(2)12-8)11(14)6-5-9-3-4-9/h7,9,11,14H,3-6H2,1-2H3. The van der Waals surface area contributed by atoms with Gasteiger partial charge in [-0.2, -0.15) is 5.10 Å². The molecule has 14 heavy (non-hydrogen) atoms. The minimum absolute atomic E-state index is 0.315. The van der Waals surface area contributed by atoms with Crippen LogP contribution in [-0.2, 0) is 7.05 Å². The van der Waals surface area contributed by atoms with Gasteiger partial charge in [0, 0.05) is 18.8 Å². The van der Waals surface area contributed by atoms with Gasteiger partial charge in [-0.05, 0) is 25.7 Å². The topological polar surface area (TPSA) is 38.0 Å². The molecule has 0 aliphatic heterocycles. The predicted molar refractivity (Wildman–Crippen MR) is 54.9 cm³/mol. The number of aromatic nitrogens is 2. The van der Waals surface area contributed by atoms with Crippen LogP contribution in [-0.4, -0.2) is 14.9 Å². The maximum absolute atomic E-state index is 9.94. The van der Waals surface area contributed by atoms with E-state index in [4.69, 9.17) is 0 Å². The molecule has 1 fully saturated rings. The van der Waals surface area contributed by atoms with Crippen LogP contribution in [0.25, 0.3) is 0 Å². The van der Waals surface area contributed by atoms with Gasteiger partial charge in [0.15, 0.2) is 0 Å². The molecule has 3 heteroatoms. The second-order valence-corrected chi connectivity index (χ2v) is 4.38. The van der Waals surface area contributed by atoms with Gasteiger partial charge in [0.2, 0.25) is 0 Å². The van der Waals surface area contributed by atoms with Gasteiger partial charge in [0.05, 0.1) is 11.8 Å². The predicted octanol–water partition coefficient (Wildman–Crippen LogP) is 1.95. The van der Waals surface area contributed by atoms with E-state index in [1.807, 2.05) is 20.2 Å². The summed E-state index contributed by atoms with van der Waals surface area (Å²) < 4.78 is 1.77. The smallest absolute Gasteiger partial charge is 0.0823 e. The first-order valence-electron chi connectivity index (χ1n) is 5.35. The van der Waals surface area contributed by atoms with Crippen LogP contribution >= 0.6 is 0 Å². The highest BCUT2D eigenvalue weighted by molar-refractivity contribution is 5.18. The molecule has 0 spiro atoms. The number of rotatable bonds is 4. The summed E-state index contributed by atoms with van der Waals surface area (Å²) >= 11 is 0. The lowest BCUT2D eigenvalue weighted by Gasteiger charge is -2.08. The molecule has 0 saturated heterocycles. The second kappa shape index (κ2) is 3.73. The molecule has 1 heterocycles. The van der Waals surface area contributed by atoms with Crippen LogP contribution in [0, 0.1) is 12.8 Å². The zero-order valence-electron chi connectivity index (χ0n) is 8.90. The van der Waals surface area contributed by atoms with E-state index in [1.54, 1.807) is 4.68 Å². The van der Waals surface area contributed by atoms with Gasteiger partial charge >= 0.3 is 0 Å². The fourth-order valence-electron chi connectivity index (χ4n) is 1.90. The average Bonchev–Trinajstić information content (AvgIpc) is 2.88. The summed E-state index contributed by atoms with van der Waals surface area (Å²) in [6.07, 6.45) is 6.38. The molecular weight excluding hydrogens is 176 g/mol. The summed E-state index contributed by atoms with van der Waals surface area (Å²) in [5, 5.41) is 14.2. The molecule has 1 aliphatic rings. The SMILES string of the molecule is Cc1nn(C)cc1C(O)CCC1CC1. The largest absolute Gasteiger partial charge is 0.388 e. The Morgan fingerprint density at radius 1 is 1.64 bits per heavy atom. The molecule has 1 unspecified atom stereocenters. The number of hydrogen-bond acceptors (Lipinski definition) is 2. The quantitative estimate of drug-likeness (QED) is 0.795. The van der Waals surface area contributed by atoms with E-state index in [1.165, 1.54) is 12.8 Å². The molecule has 1 aromatic heterocycles. The Morgan fingerprint density at radius 3 is 2.86 bits per heavy atom. The Morgan fingerprint density at radius 2 is 2.36 bits per heavy atom. The van der Waals surface area contributed by atoms with E-state index in [0.717, 1.165) is 30.0 Å². The van der Waals surface area contributed by atoms with E-state index in [9.17, 15) is 5.11 Å². The van der Waals surface area contributed by atoms with E-state index in [0.29, 0.717) is 0 Å². The van der Waals surface area contributed by atoms with Crippen LogP contribution in [0.3, 0.4) is 0 Å². The minimum Gasteiger partial charge on any atom is -0.388 e. The third-order valence-corrected chi connectivity index (χ3v) is 2.96. The van der Waals surface area contributed by atoms with Crippen LogP contribution in [0.4, 0.5) is 0 Å². The lowest BCUT2D eigenvalue weighted by Crippen LogP contribution is -1.98. The molecule has 0 radical (unpaired) electrons. The molecule has 3 nitrogen and oxygen atoms in total. The van der Waals surface area contributed by atoms with Crippen LogP contribution in [0.5, 0.6) is 0 Å². The van der Waals surface area contributed by atoms with E-state index >= 15 is 0 Å². The summed E-state index contributed by atoms with van der Waals surface area (Å²) in [7, 11) is 1.89. The maximum atomic E-state index is 9.94. The van der Waals surface area contributed by atoms with Gasteiger partial charge in [-0.3, -0.25) is 4.68 Å². The maximum Gasteiger partial charge on any atom is 0.0823 e. The van der Waals surface area contributed by atoms with E-state index < -0.39 is 0 Å². The van der Waals surface area contributed by atoms with Crippen molar-refractivity contribution in [1.29, 1.82) is 0 Å². The van der Waals surface area contributed by atoms with Crippen LogP contribution in [0.1, 0.15) is 43.0 Å². The summed E-state index contributed by atoms with van der Waals surface area (Å²) in [4.78, 5) is 0. The molecule has 0 aromatic carbocycles. The lowest BCUT2D eigenvalue weighted by atomic mass is 10.0. The first kappa shape index (κ1) is 9.71. The summed E-state index contributed by atoms with van der Waals surface area (Å²) in [6.45, 7) is 1.95. The number of hydrogen-bond donors (Lipinski definition) is 1. The Labute approximate surface area is 84.7 Å². The molecule has 2 rings (SSSR count). The first-order valence-corrected chi connectivity index (χ1v) is 5.35. The monoisotopic (exact) mass is 194 g/mol. The highest BCUT2D eigenvalue weighted by atomic mass is 16.3. The van der Waals surface area contributed by atoms with Crippen molar-refractivity contribution in [3.63, 3.8) is 0 Å². The minimum atomic E-state index is -0.315. The van der Waals surface area contributed by atoms with Crippen molar-refractivity contribution < 1.29 is 5.11 Å². The van der Waals surface area contributed by atoms with Crippen molar-refractivity contribution in [3.8, 4) is 0 Å². The van der Waals surface area contributed by atoms with Crippen LogP contribution in [0.2, 0.25) is 0 Å². The van der Waals surface area contributed by atoms with Crippen LogP contribution in [0.15, 0.2) is 6.20 Å². The zero-order chi connectivity index (χ0) is 10.1. The molecule has 1 aromatic rings. The third kappa shape index (κ3) is 2.15. The van der Waals surface area contributed by atoms with Gasteiger partial charge in [-0.1, -0.05) is 12.8 Å². The molecule has 0 bridgehead atoms. The molecule has 0 amide bonds. The zero-order valence-corrected chi connectivity index (χ0v) is 8.90. The number of aryl methyl sites for hydroxylation is 2. The Kier molecular flexibility index (Phi) is 2.59. The average molecular weight is 194 g/mol. The first-order chi connectivity index (χ1) is 6.66. The van der Waals surface area contributed by atoms with Crippen molar-refractivity contribution in [1.82, 2.24) is 9.78 Å². The second-order valence-electron chi connectivity index (χ2n) is 4.38. The number of nitrogens with zero attached hydrogens (tertiary/aromatic N) is 2. The van der Waals surface area contributed by atoms with Crippen LogP contribution < -0.4 is 0 Å². The summed E-state index contributed by atoms with van der Waals surface area (Å²) in [5.74, 6) is 0.890. The van der Waals surface area contributed by atoms with E-state index in [2.05, 4.69) is 5.10 Å². The summed E-state index contributed by atoms with van der Waals surface area (Å²) in [6, 6.07) is 0. The molecule has 78 valence electrons. The molecule has 1 saturated carbocycles. The molecule has 1 N–H and O–H groups in total. The van der Waals surface area contributed by atoms with Gasteiger partial charge in [-0.15, -0.1) is 0 Å². The fourth-order valence-corrected chi connectivity index (χ4v) is 1.90. The van der Waals surface area contributed by atoms with E-state index in [-0.39, 0.29) is 6.10 Å². The van der Waals surface area contributed by atoms with Crippen molar-refractivity contribution in [3.05, 3.63) is 17.5 Å². The third-order valence-electron chi connectivity index (χ3n) is 2.96. The Hall–Kier alpha value is -0.830.